The third-order valence-corrected chi connectivity index (χ3v) is 5.34. The number of aldehydes is 1. The molecule has 0 saturated carbocycles. The van der Waals surface area contributed by atoms with Crippen molar-refractivity contribution >= 4 is 24.0 Å². The second-order valence-electron chi connectivity index (χ2n) is 7.04. The van der Waals surface area contributed by atoms with Crippen molar-refractivity contribution in [2.24, 2.45) is 0 Å². The molecule has 2 aromatic carbocycles. The standard InChI is InChI=1S/C23H16ClF3N2O3/c24-17-11-13(25)5-6-14(17)16-12-20(32-10-2-9-30)28-22-15(16)7-8-29(31)23(22)21-18(26)3-1-4-19(21)27/h1,3-9,11-12,23,29H,2,10H2. The van der Waals surface area contributed by atoms with Crippen LogP contribution in [-0.4, -0.2) is 17.9 Å². The van der Waals surface area contributed by atoms with Gasteiger partial charge in [0.15, 0.2) is 6.04 Å². The number of carbonyl (C=O) groups excluding carboxylic acids is 1. The topological polar surface area (TPSA) is 66.7 Å². The molecule has 2 unspecified atom stereocenters. The molecule has 0 aliphatic carbocycles. The summed E-state index contributed by atoms with van der Waals surface area (Å²) in [5.41, 5.74) is 0.885. The number of pyridine rings is 1. The number of aromatic nitrogens is 1. The number of hydroxylamine groups is 2. The van der Waals surface area contributed by atoms with Crippen LogP contribution in [0.5, 0.6) is 5.88 Å². The molecule has 5 nitrogen and oxygen atoms in total. The highest BCUT2D eigenvalue weighted by molar-refractivity contribution is 6.33. The first kappa shape index (κ1) is 22.0. The Morgan fingerprint density at radius 1 is 1.12 bits per heavy atom. The first-order valence-corrected chi connectivity index (χ1v) is 10.0. The zero-order valence-electron chi connectivity index (χ0n) is 16.4. The molecule has 1 aliphatic heterocycles. The number of carbonyl (C=O) groups is 1. The predicted octanol–water partition coefficient (Wildman–Crippen LogP) is 4.24. The summed E-state index contributed by atoms with van der Waals surface area (Å²) >= 11 is 6.26. The maximum absolute atomic E-state index is 14.6. The van der Waals surface area contributed by atoms with Crippen LogP contribution in [0.2, 0.25) is 5.02 Å². The van der Waals surface area contributed by atoms with Gasteiger partial charge in [0.2, 0.25) is 5.88 Å². The lowest BCUT2D eigenvalue weighted by atomic mass is 9.90. The van der Waals surface area contributed by atoms with Gasteiger partial charge in [-0.2, -0.15) is 0 Å². The minimum atomic E-state index is -1.36. The molecule has 0 saturated heterocycles. The van der Waals surface area contributed by atoms with Crippen molar-refractivity contribution in [1.29, 1.82) is 0 Å². The molecule has 32 heavy (non-hydrogen) atoms. The molecule has 0 fully saturated rings. The van der Waals surface area contributed by atoms with Crippen LogP contribution in [0.3, 0.4) is 0 Å². The molecule has 2 atom stereocenters. The van der Waals surface area contributed by atoms with E-state index in [4.69, 9.17) is 16.3 Å². The van der Waals surface area contributed by atoms with Gasteiger partial charge in [0, 0.05) is 29.7 Å². The summed E-state index contributed by atoms with van der Waals surface area (Å²) < 4.78 is 48.4. The average molecular weight is 461 g/mol. The van der Waals surface area contributed by atoms with Crippen molar-refractivity contribution in [2.75, 3.05) is 6.61 Å². The maximum Gasteiger partial charge on any atom is 0.214 e. The Bertz CT molecular complexity index is 1200. The summed E-state index contributed by atoms with van der Waals surface area (Å²) in [7, 11) is 0. The molecule has 4 rings (SSSR count). The third-order valence-electron chi connectivity index (χ3n) is 5.03. The number of fused-ring (bicyclic) bond motifs is 1. The molecule has 1 N–H and O–H groups in total. The van der Waals surface area contributed by atoms with E-state index in [0.717, 1.165) is 18.2 Å². The largest absolute Gasteiger partial charge is 0.629 e. The Labute approximate surface area is 186 Å². The molecule has 0 spiro atoms. The summed E-state index contributed by atoms with van der Waals surface area (Å²) in [6, 6.07) is 7.29. The number of hydrogen-bond donors (Lipinski definition) is 1. The van der Waals surface area contributed by atoms with Crippen molar-refractivity contribution in [1.82, 2.24) is 4.98 Å². The van der Waals surface area contributed by atoms with Crippen molar-refractivity contribution < 1.29 is 27.8 Å². The fraction of sp³-hybridized carbons (Fsp3) is 0.130. The van der Waals surface area contributed by atoms with Crippen LogP contribution >= 0.6 is 11.6 Å². The lowest BCUT2D eigenvalue weighted by Gasteiger charge is -2.33. The van der Waals surface area contributed by atoms with Gasteiger partial charge in [0.05, 0.1) is 23.4 Å². The van der Waals surface area contributed by atoms with Gasteiger partial charge in [-0.15, -0.1) is 0 Å². The number of halogens is 4. The van der Waals surface area contributed by atoms with Crippen LogP contribution in [0.4, 0.5) is 13.2 Å². The van der Waals surface area contributed by atoms with Gasteiger partial charge < -0.3 is 19.8 Å². The zero-order chi connectivity index (χ0) is 22.8. The monoisotopic (exact) mass is 460 g/mol. The van der Waals surface area contributed by atoms with Crippen molar-refractivity contribution in [2.45, 2.75) is 12.5 Å². The molecular formula is C23H16ClF3N2O3. The highest BCUT2D eigenvalue weighted by Gasteiger charge is 2.34. The normalized spacial score (nSPS) is 17.2. The van der Waals surface area contributed by atoms with Gasteiger partial charge in [0.25, 0.3) is 0 Å². The molecule has 164 valence electrons. The Morgan fingerprint density at radius 3 is 2.56 bits per heavy atom. The van der Waals surface area contributed by atoms with Crippen LogP contribution in [0.15, 0.2) is 48.7 Å². The van der Waals surface area contributed by atoms with Gasteiger partial charge in [-0.3, -0.25) is 0 Å². The van der Waals surface area contributed by atoms with Crippen molar-refractivity contribution in [3.8, 4) is 17.0 Å². The van der Waals surface area contributed by atoms with Gasteiger partial charge >= 0.3 is 0 Å². The van der Waals surface area contributed by atoms with E-state index in [1.54, 1.807) is 0 Å². The van der Waals surface area contributed by atoms with Crippen LogP contribution in [0.1, 0.15) is 29.3 Å². The predicted molar refractivity (Wildman–Crippen MR) is 112 cm³/mol. The number of nitrogens with zero attached hydrogens (tertiary/aromatic N) is 1. The Morgan fingerprint density at radius 2 is 1.88 bits per heavy atom. The van der Waals surface area contributed by atoms with E-state index in [9.17, 15) is 23.2 Å². The minimum Gasteiger partial charge on any atom is -0.629 e. The van der Waals surface area contributed by atoms with Crippen molar-refractivity contribution in [3.05, 3.63) is 93.2 Å². The molecule has 2 heterocycles. The second kappa shape index (κ2) is 9.12. The maximum atomic E-state index is 14.6. The number of hydrogen-bond acceptors (Lipinski definition) is 4. The lowest BCUT2D eigenvalue weighted by molar-refractivity contribution is -0.821. The zero-order valence-corrected chi connectivity index (χ0v) is 17.2. The van der Waals surface area contributed by atoms with E-state index in [1.807, 2.05) is 0 Å². The van der Waals surface area contributed by atoms with Gasteiger partial charge in [-0.25, -0.2) is 18.2 Å². The van der Waals surface area contributed by atoms with Crippen LogP contribution in [-0.2, 0) is 4.79 Å². The smallest absolute Gasteiger partial charge is 0.214 e. The van der Waals surface area contributed by atoms with Gasteiger partial charge in [-0.05, 0) is 35.9 Å². The fourth-order valence-electron chi connectivity index (χ4n) is 3.62. The Kier molecular flexibility index (Phi) is 6.27. The first-order valence-electron chi connectivity index (χ1n) is 9.63. The summed E-state index contributed by atoms with van der Waals surface area (Å²) in [5.74, 6) is -2.29. The third kappa shape index (κ3) is 4.12. The van der Waals surface area contributed by atoms with Crippen LogP contribution in [0, 0.1) is 22.7 Å². The van der Waals surface area contributed by atoms with Gasteiger partial charge in [0.1, 0.15) is 29.4 Å². The van der Waals surface area contributed by atoms with E-state index in [2.05, 4.69) is 4.98 Å². The number of quaternary nitrogens is 1. The summed E-state index contributed by atoms with van der Waals surface area (Å²) in [6.45, 7) is 0.00832. The van der Waals surface area contributed by atoms with E-state index >= 15 is 0 Å². The molecule has 3 aromatic rings. The van der Waals surface area contributed by atoms with Gasteiger partial charge in [-0.1, -0.05) is 17.7 Å². The highest BCUT2D eigenvalue weighted by Crippen LogP contribution is 2.39. The second-order valence-corrected chi connectivity index (χ2v) is 7.45. The SMILES string of the molecule is O=CCCOc1cc(-c2ccc(F)cc2Cl)c2c(n1)C(c1c(F)cccc1F)[NH+]([O-])C=C2. The molecule has 1 aromatic heterocycles. The minimum absolute atomic E-state index is 0.00832. The summed E-state index contributed by atoms with van der Waals surface area (Å²) in [6.07, 6.45) is 3.45. The average Bonchev–Trinajstić information content (AvgIpc) is 2.75. The summed E-state index contributed by atoms with van der Waals surface area (Å²) in [5, 5.41) is 12.3. The highest BCUT2D eigenvalue weighted by atomic mass is 35.5. The molecule has 1 aliphatic rings. The van der Waals surface area contributed by atoms with E-state index in [1.165, 1.54) is 36.5 Å². The lowest BCUT2D eigenvalue weighted by Crippen LogP contribution is -3.03. The van der Waals surface area contributed by atoms with Crippen molar-refractivity contribution in [3.63, 3.8) is 0 Å². The Balaban J connectivity index is 1.96. The number of ether oxygens (including phenoxy) is 1. The number of benzene rings is 2. The van der Waals surface area contributed by atoms with E-state index in [-0.39, 0.29) is 29.6 Å². The number of rotatable bonds is 6. The van der Waals surface area contributed by atoms with E-state index in [0.29, 0.717) is 23.0 Å². The quantitative estimate of drug-likeness (QED) is 0.339. The number of nitrogens with one attached hydrogen (secondary N) is 1. The summed E-state index contributed by atoms with van der Waals surface area (Å²) in [4.78, 5) is 15.0. The molecule has 0 radical (unpaired) electrons. The molecule has 9 heteroatoms. The molecule has 0 bridgehead atoms. The fourth-order valence-corrected chi connectivity index (χ4v) is 3.89. The molecular weight excluding hydrogens is 445 g/mol. The first-order chi connectivity index (χ1) is 15.4. The van der Waals surface area contributed by atoms with E-state index < -0.39 is 34.1 Å². The molecule has 0 amide bonds. The Hall–Kier alpha value is -3.20. The van der Waals surface area contributed by atoms with Crippen LogP contribution < -0.4 is 9.80 Å². The van der Waals surface area contributed by atoms with Crippen LogP contribution in [0.25, 0.3) is 17.2 Å².